The maximum atomic E-state index is 12.4. The van der Waals surface area contributed by atoms with Crippen molar-refractivity contribution in [2.24, 2.45) is 7.05 Å². The molecule has 100 valence electrons. The van der Waals surface area contributed by atoms with Crippen LogP contribution in [0.25, 0.3) is 0 Å². The van der Waals surface area contributed by atoms with Gasteiger partial charge in [0.1, 0.15) is 10.7 Å². The van der Waals surface area contributed by atoms with Crippen molar-refractivity contribution in [1.82, 2.24) is 14.1 Å². The summed E-state index contributed by atoms with van der Waals surface area (Å²) in [6, 6.07) is -0.201. The molecule has 1 aromatic rings. The van der Waals surface area contributed by atoms with E-state index in [2.05, 4.69) is 5.10 Å². The molecular weight excluding hydrogens is 254 g/mol. The molecule has 1 aliphatic heterocycles. The van der Waals surface area contributed by atoms with Gasteiger partial charge in [-0.15, -0.1) is 0 Å². The minimum atomic E-state index is -3.51. The molecule has 1 aliphatic rings. The quantitative estimate of drug-likeness (QED) is 0.802. The number of ketones is 1. The predicted octanol–water partition coefficient (Wildman–Crippen LogP) is 0.552. The SMILES string of the molecule is CC(=O)CC1CCCN1S(=O)(=O)c1cnn(C)c1. The summed E-state index contributed by atoms with van der Waals surface area (Å²) < 4.78 is 27.7. The predicted molar refractivity (Wildman–Crippen MR) is 65.4 cm³/mol. The van der Waals surface area contributed by atoms with Crippen LogP contribution in [0.4, 0.5) is 0 Å². The minimum absolute atomic E-state index is 0.0216. The molecule has 0 saturated carbocycles. The largest absolute Gasteiger partial charge is 0.300 e. The molecule has 0 spiro atoms. The van der Waals surface area contributed by atoms with Gasteiger partial charge >= 0.3 is 0 Å². The van der Waals surface area contributed by atoms with E-state index in [1.54, 1.807) is 7.05 Å². The highest BCUT2D eigenvalue weighted by Gasteiger charge is 2.36. The van der Waals surface area contributed by atoms with Crippen LogP contribution in [0, 0.1) is 0 Å². The molecule has 0 amide bonds. The van der Waals surface area contributed by atoms with Crippen LogP contribution >= 0.6 is 0 Å². The van der Waals surface area contributed by atoms with Crippen molar-refractivity contribution in [1.29, 1.82) is 0 Å². The molecule has 1 aromatic heterocycles. The summed E-state index contributed by atoms with van der Waals surface area (Å²) in [6.45, 7) is 1.97. The fourth-order valence-corrected chi connectivity index (χ4v) is 4.01. The van der Waals surface area contributed by atoms with Gasteiger partial charge in [-0.25, -0.2) is 8.42 Å². The third-order valence-corrected chi connectivity index (χ3v) is 5.04. The maximum absolute atomic E-state index is 12.4. The van der Waals surface area contributed by atoms with Crippen LogP contribution in [-0.4, -0.2) is 40.9 Å². The van der Waals surface area contributed by atoms with Crippen molar-refractivity contribution in [3.05, 3.63) is 12.4 Å². The van der Waals surface area contributed by atoms with Gasteiger partial charge in [-0.1, -0.05) is 0 Å². The number of aryl methyl sites for hydroxylation is 1. The van der Waals surface area contributed by atoms with Gasteiger partial charge in [0.05, 0.1) is 6.20 Å². The topological polar surface area (TPSA) is 72.3 Å². The van der Waals surface area contributed by atoms with Crippen LogP contribution in [0.3, 0.4) is 0 Å². The molecular formula is C11H17N3O3S. The van der Waals surface area contributed by atoms with Crippen molar-refractivity contribution in [2.75, 3.05) is 6.54 Å². The van der Waals surface area contributed by atoms with Crippen LogP contribution in [-0.2, 0) is 21.9 Å². The van der Waals surface area contributed by atoms with Gasteiger partial charge in [0.15, 0.2) is 0 Å². The summed E-state index contributed by atoms with van der Waals surface area (Å²) in [5, 5.41) is 3.88. The Morgan fingerprint density at radius 3 is 2.83 bits per heavy atom. The number of aromatic nitrogens is 2. The molecule has 1 atom stereocenters. The molecule has 0 aromatic carbocycles. The lowest BCUT2D eigenvalue weighted by Gasteiger charge is -2.22. The van der Waals surface area contributed by atoms with E-state index in [4.69, 9.17) is 0 Å². The van der Waals surface area contributed by atoms with Gasteiger partial charge in [-0.2, -0.15) is 9.40 Å². The average Bonchev–Trinajstić information content (AvgIpc) is 2.86. The third kappa shape index (κ3) is 2.46. The van der Waals surface area contributed by atoms with Crippen molar-refractivity contribution in [2.45, 2.75) is 37.1 Å². The van der Waals surface area contributed by atoms with Crippen molar-refractivity contribution in [3.8, 4) is 0 Å². The Kier molecular flexibility index (Phi) is 3.54. The van der Waals surface area contributed by atoms with E-state index in [1.807, 2.05) is 0 Å². The molecule has 6 nitrogen and oxygen atoms in total. The zero-order valence-corrected chi connectivity index (χ0v) is 11.4. The molecule has 2 heterocycles. The number of rotatable bonds is 4. The molecule has 7 heteroatoms. The Morgan fingerprint density at radius 2 is 2.28 bits per heavy atom. The Morgan fingerprint density at radius 1 is 1.56 bits per heavy atom. The van der Waals surface area contributed by atoms with Crippen molar-refractivity contribution < 1.29 is 13.2 Å². The Balaban J connectivity index is 2.26. The lowest BCUT2D eigenvalue weighted by atomic mass is 10.1. The van der Waals surface area contributed by atoms with Gasteiger partial charge in [0, 0.05) is 32.3 Å². The second-order valence-corrected chi connectivity index (χ2v) is 6.56. The van der Waals surface area contributed by atoms with Crippen LogP contribution < -0.4 is 0 Å². The monoisotopic (exact) mass is 271 g/mol. The first kappa shape index (κ1) is 13.2. The summed E-state index contributed by atoms with van der Waals surface area (Å²) in [6.07, 6.45) is 4.67. The number of nitrogens with zero attached hydrogens (tertiary/aromatic N) is 3. The van der Waals surface area contributed by atoms with Gasteiger partial charge in [0.25, 0.3) is 0 Å². The van der Waals surface area contributed by atoms with Crippen LogP contribution in [0.5, 0.6) is 0 Å². The smallest absolute Gasteiger partial charge is 0.246 e. The summed E-state index contributed by atoms with van der Waals surface area (Å²) in [5.41, 5.74) is 0. The van der Waals surface area contributed by atoms with Gasteiger partial charge in [-0.3, -0.25) is 9.48 Å². The fourth-order valence-electron chi connectivity index (χ4n) is 2.33. The van der Waals surface area contributed by atoms with E-state index >= 15 is 0 Å². The molecule has 0 aliphatic carbocycles. The molecule has 1 fully saturated rings. The first-order chi connectivity index (χ1) is 8.41. The molecule has 0 radical (unpaired) electrons. The van der Waals surface area contributed by atoms with E-state index in [-0.39, 0.29) is 16.7 Å². The molecule has 1 saturated heterocycles. The maximum Gasteiger partial charge on any atom is 0.246 e. The Hall–Kier alpha value is -1.21. The number of carbonyl (C=O) groups is 1. The van der Waals surface area contributed by atoms with Crippen molar-refractivity contribution in [3.63, 3.8) is 0 Å². The van der Waals surface area contributed by atoms with Crippen LogP contribution in [0.1, 0.15) is 26.2 Å². The van der Waals surface area contributed by atoms with Crippen LogP contribution in [0.2, 0.25) is 0 Å². The Labute approximate surface area is 107 Å². The van der Waals surface area contributed by atoms with E-state index < -0.39 is 10.0 Å². The molecule has 1 unspecified atom stereocenters. The lowest BCUT2D eigenvalue weighted by Crippen LogP contribution is -2.36. The van der Waals surface area contributed by atoms with Gasteiger partial charge in [-0.05, 0) is 19.8 Å². The highest BCUT2D eigenvalue weighted by Crippen LogP contribution is 2.27. The summed E-state index contributed by atoms with van der Waals surface area (Å²) in [5.74, 6) is 0.0216. The highest BCUT2D eigenvalue weighted by atomic mass is 32.2. The Bertz CT molecular complexity index is 550. The zero-order valence-electron chi connectivity index (χ0n) is 10.5. The second-order valence-electron chi connectivity index (χ2n) is 4.67. The number of hydrogen-bond acceptors (Lipinski definition) is 4. The number of sulfonamides is 1. The highest BCUT2D eigenvalue weighted by molar-refractivity contribution is 7.89. The minimum Gasteiger partial charge on any atom is -0.300 e. The fraction of sp³-hybridized carbons (Fsp3) is 0.636. The number of Topliss-reactive ketones (excluding diaryl/α,β-unsaturated/α-hetero) is 1. The van der Waals surface area contributed by atoms with E-state index in [0.29, 0.717) is 13.0 Å². The lowest BCUT2D eigenvalue weighted by molar-refractivity contribution is -0.117. The first-order valence-electron chi connectivity index (χ1n) is 5.91. The third-order valence-electron chi connectivity index (χ3n) is 3.13. The van der Waals surface area contributed by atoms with E-state index in [0.717, 1.165) is 12.8 Å². The normalized spacial score (nSPS) is 21.3. The zero-order chi connectivity index (χ0) is 13.3. The second kappa shape index (κ2) is 4.81. The number of hydrogen-bond donors (Lipinski definition) is 0. The molecule has 18 heavy (non-hydrogen) atoms. The van der Waals surface area contributed by atoms with Crippen LogP contribution in [0.15, 0.2) is 17.3 Å². The van der Waals surface area contributed by atoms with Gasteiger partial charge < -0.3 is 0 Å². The standard InChI is InChI=1S/C11H17N3O3S/c1-9(15)6-10-4-3-5-14(10)18(16,17)11-7-12-13(2)8-11/h7-8,10H,3-6H2,1-2H3. The number of carbonyl (C=O) groups excluding carboxylic acids is 1. The van der Waals surface area contributed by atoms with Crippen molar-refractivity contribution >= 4 is 15.8 Å². The summed E-state index contributed by atoms with van der Waals surface area (Å²) in [7, 11) is -1.84. The molecule has 0 bridgehead atoms. The van der Waals surface area contributed by atoms with E-state index in [9.17, 15) is 13.2 Å². The van der Waals surface area contributed by atoms with E-state index in [1.165, 1.54) is 28.3 Å². The molecule has 2 rings (SSSR count). The average molecular weight is 271 g/mol. The van der Waals surface area contributed by atoms with Gasteiger partial charge in [0.2, 0.25) is 10.0 Å². The summed E-state index contributed by atoms with van der Waals surface area (Å²) >= 11 is 0. The molecule has 0 N–H and O–H groups in total. The first-order valence-corrected chi connectivity index (χ1v) is 7.35. The summed E-state index contributed by atoms with van der Waals surface area (Å²) in [4.78, 5) is 11.4.